The number of hydrogen-bond acceptors (Lipinski definition) is 2. The predicted molar refractivity (Wildman–Crippen MR) is 69.9 cm³/mol. The maximum Gasteiger partial charge on any atom is 0.143 e. The number of rotatable bonds is 2. The van der Waals surface area contributed by atoms with Crippen LogP contribution in [0.15, 0.2) is 22.8 Å². The molecule has 1 fully saturated rings. The largest absolute Gasteiger partial charge is 0.464 e. The molecule has 0 amide bonds. The second kappa shape index (κ2) is 4.60. The Morgan fingerprint density at radius 1 is 1.16 bits per heavy atom. The first kappa shape index (κ1) is 12.6. The summed E-state index contributed by atoms with van der Waals surface area (Å²) in [4.78, 5) is 0. The molecule has 3 rings (SSSR count). The monoisotopic (exact) mass is 265 g/mol. The van der Waals surface area contributed by atoms with Gasteiger partial charge >= 0.3 is 0 Å². The first-order chi connectivity index (χ1) is 9.18. The Morgan fingerprint density at radius 2 is 1.89 bits per heavy atom. The van der Waals surface area contributed by atoms with Crippen molar-refractivity contribution in [2.45, 2.75) is 37.5 Å². The van der Waals surface area contributed by atoms with Crippen molar-refractivity contribution in [1.29, 1.82) is 0 Å². The number of furan rings is 1. The smallest absolute Gasteiger partial charge is 0.143 e. The van der Waals surface area contributed by atoms with Crippen molar-refractivity contribution in [2.75, 3.05) is 6.54 Å². The highest BCUT2D eigenvalue weighted by Gasteiger charge is 2.38. The minimum absolute atomic E-state index is 0.324. The van der Waals surface area contributed by atoms with Crippen LogP contribution in [0.1, 0.15) is 37.7 Å². The minimum atomic E-state index is -0.576. The minimum Gasteiger partial charge on any atom is -0.464 e. The molecule has 19 heavy (non-hydrogen) atoms. The van der Waals surface area contributed by atoms with E-state index in [1.807, 2.05) is 0 Å². The Kier molecular flexibility index (Phi) is 3.05. The fraction of sp³-hybridized carbons (Fsp3) is 0.467. The summed E-state index contributed by atoms with van der Waals surface area (Å²) >= 11 is 0. The summed E-state index contributed by atoms with van der Waals surface area (Å²) in [6.07, 6.45) is 6.27. The molecule has 0 bridgehead atoms. The van der Waals surface area contributed by atoms with Gasteiger partial charge in [0.25, 0.3) is 0 Å². The highest BCUT2D eigenvalue weighted by atomic mass is 19.1. The number of halogens is 2. The molecule has 0 radical (unpaired) electrons. The van der Waals surface area contributed by atoms with Crippen molar-refractivity contribution in [3.8, 4) is 0 Å². The zero-order chi connectivity index (χ0) is 13.5. The van der Waals surface area contributed by atoms with Crippen LogP contribution in [-0.2, 0) is 5.41 Å². The normalized spacial score (nSPS) is 18.9. The summed E-state index contributed by atoms with van der Waals surface area (Å²) in [5.74, 6) is -1.11. The van der Waals surface area contributed by atoms with Crippen molar-refractivity contribution in [2.24, 2.45) is 5.73 Å². The molecule has 0 atom stereocenters. The van der Waals surface area contributed by atoms with Crippen LogP contribution in [0, 0.1) is 11.6 Å². The summed E-state index contributed by atoms with van der Waals surface area (Å²) in [5.41, 5.74) is 6.32. The van der Waals surface area contributed by atoms with Gasteiger partial charge in [0.1, 0.15) is 17.2 Å². The SMILES string of the molecule is NCC1(c2c(F)cc(F)c3ccoc23)CCCCC1. The van der Waals surface area contributed by atoms with Gasteiger partial charge in [0.05, 0.1) is 11.6 Å². The highest BCUT2D eigenvalue weighted by Crippen LogP contribution is 2.43. The van der Waals surface area contributed by atoms with E-state index in [4.69, 9.17) is 10.2 Å². The molecule has 0 saturated heterocycles. The van der Waals surface area contributed by atoms with Crippen LogP contribution in [0.4, 0.5) is 8.78 Å². The van der Waals surface area contributed by atoms with E-state index >= 15 is 0 Å². The van der Waals surface area contributed by atoms with Crippen molar-refractivity contribution >= 4 is 11.0 Å². The summed E-state index contributed by atoms with van der Waals surface area (Å²) in [5, 5.41) is 0.342. The van der Waals surface area contributed by atoms with Gasteiger partial charge in [-0.1, -0.05) is 19.3 Å². The van der Waals surface area contributed by atoms with Gasteiger partial charge in [-0.2, -0.15) is 0 Å². The molecule has 1 saturated carbocycles. The van der Waals surface area contributed by atoms with Gasteiger partial charge < -0.3 is 10.2 Å². The lowest BCUT2D eigenvalue weighted by Crippen LogP contribution is -2.38. The van der Waals surface area contributed by atoms with Crippen molar-refractivity contribution in [3.05, 3.63) is 35.6 Å². The van der Waals surface area contributed by atoms with Crippen LogP contribution in [0.2, 0.25) is 0 Å². The average Bonchev–Trinajstić information content (AvgIpc) is 2.89. The molecule has 1 aromatic heterocycles. The van der Waals surface area contributed by atoms with E-state index < -0.39 is 17.0 Å². The van der Waals surface area contributed by atoms with E-state index in [0.29, 0.717) is 23.1 Å². The van der Waals surface area contributed by atoms with Crippen LogP contribution in [0.5, 0.6) is 0 Å². The lowest BCUT2D eigenvalue weighted by molar-refractivity contribution is 0.291. The van der Waals surface area contributed by atoms with Gasteiger partial charge in [-0.3, -0.25) is 0 Å². The van der Waals surface area contributed by atoms with E-state index in [1.165, 1.54) is 6.26 Å². The van der Waals surface area contributed by atoms with Crippen LogP contribution >= 0.6 is 0 Å². The van der Waals surface area contributed by atoms with E-state index in [2.05, 4.69) is 0 Å². The molecule has 102 valence electrons. The van der Waals surface area contributed by atoms with E-state index in [0.717, 1.165) is 38.2 Å². The number of fused-ring (bicyclic) bond motifs is 1. The number of hydrogen-bond donors (Lipinski definition) is 1. The summed E-state index contributed by atoms with van der Waals surface area (Å²) < 4.78 is 33.4. The van der Waals surface area contributed by atoms with Crippen molar-refractivity contribution in [1.82, 2.24) is 0 Å². The Hall–Kier alpha value is -1.42. The molecule has 0 unspecified atom stereocenters. The predicted octanol–water partition coefficient (Wildman–Crippen LogP) is 3.87. The average molecular weight is 265 g/mol. The van der Waals surface area contributed by atoms with Crippen LogP contribution in [0.3, 0.4) is 0 Å². The van der Waals surface area contributed by atoms with Crippen LogP contribution in [-0.4, -0.2) is 6.54 Å². The number of benzene rings is 1. The maximum absolute atomic E-state index is 14.3. The van der Waals surface area contributed by atoms with E-state index in [1.54, 1.807) is 6.07 Å². The lowest BCUT2D eigenvalue weighted by atomic mass is 9.69. The molecule has 2 aromatic rings. The summed E-state index contributed by atoms with van der Waals surface area (Å²) in [6, 6.07) is 2.50. The molecule has 0 spiro atoms. The third-order valence-electron chi connectivity index (χ3n) is 4.37. The van der Waals surface area contributed by atoms with E-state index in [-0.39, 0.29) is 0 Å². The van der Waals surface area contributed by atoms with Gasteiger partial charge in [0.2, 0.25) is 0 Å². The van der Waals surface area contributed by atoms with Gasteiger partial charge in [0, 0.05) is 23.6 Å². The van der Waals surface area contributed by atoms with Crippen LogP contribution in [0.25, 0.3) is 11.0 Å². The zero-order valence-corrected chi connectivity index (χ0v) is 10.7. The zero-order valence-electron chi connectivity index (χ0n) is 10.7. The topological polar surface area (TPSA) is 39.2 Å². The van der Waals surface area contributed by atoms with E-state index in [9.17, 15) is 8.78 Å². The van der Waals surface area contributed by atoms with Gasteiger partial charge in [-0.15, -0.1) is 0 Å². The van der Waals surface area contributed by atoms with Crippen LogP contribution < -0.4 is 5.73 Å². The fourth-order valence-corrected chi connectivity index (χ4v) is 3.34. The molecule has 4 heteroatoms. The Balaban J connectivity index is 2.25. The Labute approximate surface area is 110 Å². The maximum atomic E-state index is 14.3. The molecular formula is C15H17F2NO. The standard InChI is InChI=1S/C15H17F2NO/c16-11-8-12(17)13(14-10(11)4-7-19-14)15(9-18)5-2-1-3-6-15/h4,7-8H,1-3,5-6,9,18H2. The van der Waals surface area contributed by atoms with Crippen molar-refractivity contribution in [3.63, 3.8) is 0 Å². The molecule has 1 aliphatic rings. The molecule has 2 nitrogen and oxygen atoms in total. The third-order valence-corrected chi connectivity index (χ3v) is 4.37. The Morgan fingerprint density at radius 3 is 2.58 bits per heavy atom. The molecule has 0 aliphatic heterocycles. The lowest BCUT2D eigenvalue weighted by Gasteiger charge is -2.36. The van der Waals surface area contributed by atoms with Crippen molar-refractivity contribution < 1.29 is 13.2 Å². The fourth-order valence-electron chi connectivity index (χ4n) is 3.34. The summed E-state index contributed by atoms with van der Waals surface area (Å²) in [7, 11) is 0. The quantitative estimate of drug-likeness (QED) is 0.895. The molecule has 1 aliphatic carbocycles. The highest BCUT2D eigenvalue weighted by molar-refractivity contribution is 5.82. The van der Waals surface area contributed by atoms with Gasteiger partial charge in [-0.25, -0.2) is 8.78 Å². The third kappa shape index (κ3) is 1.86. The molecule has 1 heterocycles. The van der Waals surface area contributed by atoms with Gasteiger partial charge in [0.15, 0.2) is 0 Å². The second-order valence-corrected chi connectivity index (χ2v) is 5.42. The first-order valence-electron chi connectivity index (χ1n) is 6.74. The second-order valence-electron chi connectivity index (χ2n) is 5.42. The summed E-state index contributed by atoms with van der Waals surface area (Å²) in [6.45, 7) is 0.366. The first-order valence-corrected chi connectivity index (χ1v) is 6.74. The molecule has 1 aromatic carbocycles. The Bertz CT molecular complexity index is 599. The molecule has 2 N–H and O–H groups in total. The number of nitrogens with two attached hydrogens (primary N) is 1. The molecular weight excluding hydrogens is 248 g/mol. The van der Waals surface area contributed by atoms with Gasteiger partial charge in [-0.05, 0) is 18.9 Å².